The third-order valence-corrected chi connectivity index (χ3v) is 10.3. The van der Waals surface area contributed by atoms with Crippen LogP contribution < -0.4 is 0 Å². The van der Waals surface area contributed by atoms with E-state index < -0.39 is 70.9 Å². The van der Waals surface area contributed by atoms with Gasteiger partial charge in [-0.05, 0) is 43.8 Å². The minimum Gasteiger partial charge on any atom is -0.393 e. The molecule has 0 aromatic carbocycles. The monoisotopic (exact) mass is 504 g/mol. The Morgan fingerprint density at radius 2 is 1.89 bits per heavy atom. The summed E-state index contributed by atoms with van der Waals surface area (Å²) in [6.07, 6.45) is 5.35. The molecule has 0 radical (unpaired) electrons. The van der Waals surface area contributed by atoms with Crippen LogP contribution in [0.2, 0.25) is 0 Å². The lowest BCUT2D eigenvalue weighted by Gasteiger charge is -2.59. The Morgan fingerprint density at radius 1 is 1.17 bits per heavy atom. The van der Waals surface area contributed by atoms with Crippen LogP contribution in [0.15, 0.2) is 23.8 Å². The molecule has 11 atom stereocenters. The zero-order valence-corrected chi connectivity index (χ0v) is 21.8. The van der Waals surface area contributed by atoms with E-state index in [-0.39, 0.29) is 5.92 Å². The van der Waals surface area contributed by atoms with Crippen molar-refractivity contribution in [1.29, 1.82) is 0 Å². The van der Waals surface area contributed by atoms with E-state index in [1.165, 1.54) is 6.42 Å². The van der Waals surface area contributed by atoms with Gasteiger partial charge in [-0.1, -0.05) is 52.2 Å². The summed E-state index contributed by atoms with van der Waals surface area (Å²) in [5.41, 5.74) is -4.36. The number of carbonyl (C=O) groups excluding carboxylic acids is 1. The Bertz CT molecular complexity index is 1030. The number of carbonyl (C=O) groups is 1. The molecule has 3 bridgehead atoms. The van der Waals surface area contributed by atoms with Crippen molar-refractivity contribution in [2.45, 2.75) is 119 Å². The summed E-state index contributed by atoms with van der Waals surface area (Å²) >= 11 is 0. The molecule has 3 saturated heterocycles. The van der Waals surface area contributed by atoms with Gasteiger partial charge in [-0.3, -0.25) is 4.79 Å². The van der Waals surface area contributed by atoms with Crippen LogP contribution in [0.5, 0.6) is 0 Å². The molecule has 3 aliphatic heterocycles. The van der Waals surface area contributed by atoms with Crippen molar-refractivity contribution in [2.24, 2.45) is 17.8 Å². The minimum atomic E-state index is -2.17. The lowest BCUT2D eigenvalue weighted by Crippen LogP contribution is -2.72. The van der Waals surface area contributed by atoms with Gasteiger partial charge in [0.1, 0.15) is 29.5 Å². The second kappa shape index (κ2) is 7.72. The molecule has 2 saturated carbocycles. The van der Waals surface area contributed by atoms with Gasteiger partial charge in [-0.15, -0.1) is 0 Å². The van der Waals surface area contributed by atoms with E-state index in [2.05, 4.69) is 20.4 Å². The van der Waals surface area contributed by atoms with Crippen molar-refractivity contribution >= 4 is 5.78 Å². The highest BCUT2D eigenvalue weighted by Crippen LogP contribution is 2.73. The van der Waals surface area contributed by atoms with Gasteiger partial charge in [-0.2, -0.15) is 0 Å². The molecule has 0 unspecified atom stereocenters. The molecule has 0 amide bonds. The molecule has 3 aliphatic carbocycles. The van der Waals surface area contributed by atoms with Crippen molar-refractivity contribution in [1.82, 2.24) is 0 Å². The molecule has 3 heterocycles. The summed E-state index contributed by atoms with van der Waals surface area (Å²) in [6, 6.07) is 0. The van der Waals surface area contributed by atoms with Crippen molar-refractivity contribution in [3.8, 4) is 0 Å². The molecule has 3 N–H and O–H groups in total. The molecule has 0 aromatic heterocycles. The van der Waals surface area contributed by atoms with Crippen LogP contribution >= 0.6 is 0 Å². The number of ketones is 1. The number of unbranched alkanes of at least 4 members (excludes halogenated alkanes) is 4. The largest absolute Gasteiger partial charge is 0.393 e. The van der Waals surface area contributed by atoms with E-state index in [1.54, 1.807) is 13.0 Å². The third kappa shape index (κ3) is 2.72. The van der Waals surface area contributed by atoms with Gasteiger partial charge in [-0.25, -0.2) is 0 Å². The minimum absolute atomic E-state index is 0.182. The van der Waals surface area contributed by atoms with Crippen LogP contribution in [0.25, 0.3) is 0 Å². The van der Waals surface area contributed by atoms with Crippen LogP contribution in [0.3, 0.4) is 0 Å². The van der Waals surface area contributed by atoms with E-state index in [9.17, 15) is 20.1 Å². The maximum atomic E-state index is 13.5. The number of hydrogen-bond donors (Lipinski definition) is 3. The van der Waals surface area contributed by atoms with Crippen LogP contribution in [-0.4, -0.2) is 74.4 Å². The number of aliphatic hydroxyl groups is 3. The number of fused-ring (bicyclic) bond motifs is 3. The molecule has 200 valence electrons. The zero-order chi connectivity index (χ0) is 25.9. The van der Waals surface area contributed by atoms with Gasteiger partial charge < -0.3 is 34.3 Å². The molecule has 8 nitrogen and oxygen atoms in total. The Kier molecular flexibility index (Phi) is 5.39. The summed E-state index contributed by atoms with van der Waals surface area (Å²) in [5.74, 6) is -3.37. The highest BCUT2D eigenvalue weighted by molar-refractivity contribution is 6.05. The number of epoxide rings is 1. The number of hydrogen-bond acceptors (Lipinski definition) is 8. The molecular formula is C28H40O8. The topological polar surface area (TPSA) is 118 Å². The Morgan fingerprint density at radius 3 is 2.56 bits per heavy atom. The molecular weight excluding hydrogens is 464 g/mol. The lowest BCUT2D eigenvalue weighted by molar-refractivity contribution is -0.430. The van der Waals surface area contributed by atoms with Crippen LogP contribution in [0, 0.1) is 17.8 Å². The van der Waals surface area contributed by atoms with Gasteiger partial charge in [0.05, 0.1) is 12.2 Å². The Labute approximate surface area is 212 Å². The normalized spacial score (nSPS) is 54.0. The first-order chi connectivity index (χ1) is 17.0. The summed E-state index contributed by atoms with van der Waals surface area (Å²) in [4.78, 5) is 13.5. The molecule has 36 heavy (non-hydrogen) atoms. The SMILES string of the molecule is C=C(C)[C@]12C[C@@H](C)[C@@]34O[C@](CCCCCCC)(O[C@@H]1[C@H]3[C@@H]1O[C@]1(CO)[C@@H](O)[C@]1(O)C(=O)C(C)=C[C@H]14)O2. The molecule has 6 rings (SSSR count). The van der Waals surface area contributed by atoms with Gasteiger partial charge >= 0.3 is 0 Å². The first kappa shape index (κ1) is 25.2. The van der Waals surface area contributed by atoms with Crippen molar-refractivity contribution < 1.29 is 39.1 Å². The summed E-state index contributed by atoms with van der Waals surface area (Å²) in [6.45, 7) is 11.6. The van der Waals surface area contributed by atoms with Crippen LogP contribution in [0.4, 0.5) is 0 Å². The van der Waals surface area contributed by atoms with Gasteiger partial charge in [0.15, 0.2) is 11.4 Å². The summed E-state index contributed by atoms with van der Waals surface area (Å²) in [5, 5.41) is 34.0. The molecule has 8 heteroatoms. The van der Waals surface area contributed by atoms with Gasteiger partial charge in [0.25, 0.3) is 5.97 Å². The number of ether oxygens (including phenoxy) is 4. The summed E-state index contributed by atoms with van der Waals surface area (Å²) in [7, 11) is 0. The fourth-order valence-corrected chi connectivity index (χ4v) is 8.48. The number of Topliss-reactive ketones (excluding diaryl/α,β-unsaturated/α-hetero) is 1. The predicted molar refractivity (Wildman–Crippen MR) is 129 cm³/mol. The highest BCUT2D eigenvalue weighted by Gasteiger charge is 2.88. The number of aliphatic hydroxyl groups excluding tert-OH is 2. The second-order valence-electron chi connectivity index (χ2n) is 12.3. The van der Waals surface area contributed by atoms with Crippen LogP contribution in [-0.2, 0) is 23.7 Å². The van der Waals surface area contributed by atoms with E-state index >= 15 is 0 Å². The third-order valence-electron chi connectivity index (χ3n) is 10.3. The van der Waals surface area contributed by atoms with E-state index in [1.807, 2.05) is 6.92 Å². The standard InChI is InChI=1S/C28H40O8/c1-6-7-8-9-10-11-26-34-21-19-22-25(14-29,33-22)23(31)27(32)18(12-16(4)20(27)30)28(19,36-26)17(5)13-24(21,35-26)15(2)3/h12,17-19,21-23,29,31-32H,2,6-11,13-14H2,1,3-5H3/t17-,18-,19+,21-,22+,23-,24-,25+,26-,27-,28+/m1/s1. The fraction of sp³-hybridized carbons (Fsp3) is 0.821. The molecule has 5 fully saturated rings. The van der Waals surface area contributed by atoms with Crippen molar-refractivity contribution in [2.75, 3.05) is 6.61 Å². The zero-order valence-electron chi connectivity index (χ0n) is 21.8. The van der Waals surface area contributed by atoms with Crippen LogP contribution in [0.1, 0.15) is 72.6 Å². The Balaban J connectivity index is 1.50. The second-order valence-corrected chi connectivity index (χ2v) is 12.3. The lowest BCUT2D eigenvalue weighted by atomic mass is 9.54. The van der Waals surface area contributed by atoms with Crippen molar-refractivity contribution in [3.63, 3.8) is 0 Å². The fourth-order valence-electron chi connectivity index (χ4n) is 8.48. The van der Waals surface area contributed by atoms with E-state index in [0.29, 0.717) is 18.4 Å². The van der Waals surface area contributed by atoms with E-state index in [0.717, 1.165) is 31.3 Å². The maximum absolute atomic E-state index is 13.5. The first-order valence-electron chi connectivity index (χ1n) is 13.7. The molecule has 0 spiro atoms. The quantitative estimate of drug-likeness (QED) is 0.262. The predicted octanol–water partition coefficient (Wildman–Crippen LogP) is 2.54. The maximum Gasteiger partial charge on any atom is 0.284 e. The summed E-state index contributed by atoms with van der Waals surface area (Å²) < 4.78 is 26.6. The van der Waals surface area contributed by atoms with Gasteiger partial charge in [0, 0.05) is 18.3 Å². The smallest absolute Gasteiger partial charge is 0.284 e. The average Bonchev–Trinajstić information content (AvgIpc) is 3.48. The average molecular weight is 505 g/mol. The highest BCUT2D eigenvalue weighted by atomic mass is 16.9. The molecule has 0 aromatic rings. The van der Waals surface area contributed by atoms with E-state index in [4.69, 9.17) is 18.9 Å². The molecule has 6 aliphatic rings. The first-order valence-corrected chi connectivity index (χ1v) is 13.7. The Hall–Kier alpha value is -1.13. The van der Waals surface area contributed by atoms with Crippen molar-refractivity contribution in [3.05, 3.63) is 23.8 Å². The number of rotatable bonds is 8. The van der Waals surface area contributed by atoms with Gasteiger partial charge in [0.2, 0.25) is 0 Å².